The Morgan fingerprint density at radius 1 is 1.21 bits per heavy atom. The molecule has 1 atom stereocenters. The predicted molar refractivity (Wildman–Crippen MR) is 117 cm³/mol. The molecule has 29 heavy (non-hydrogen) atoms. The van der Waals surface area contributed by atoms with E-state index in [0.29, 0.717) is 33.3 Å². The van der Waals surface area contributed by atoms with E-state index in [1.165, 1.54) is 11.8 Å². The fourth-order valence-corrected chi connectivity index (χ4v) is 3.82. The van der Waals surface area contributed by atoms with Crippen molar-refractivity contribution in [2.45, 2.75) is 31.7 Å². The van der Waals surface area contributed by atoms with Gasteiger partial charge in [0, 0.05) is 11.6 Å². The molecule has 0 aliphatic rings. The van der Waals surface area contributed by atoms with E-state index in [-0.39, 0.29) is 17.8 Å². The van der Waals surface area contributed by atoms with Crippen LogP contribution in [0.1, 0.15) is 25.8 Å². The summed E-state index contributed by atoms with van der Waals surface area (Å²) in [5.74, 6) is 1.42. The molecular weight excluding hydrogens is 431 g/mol. The van der Waals surface area contributed by atoms with Crippen LogP contribution in [0.3, 0.4) is 0 Å². The Morgan fingerprint density at radius 2 is 1.97 bits per heavy atom. The third-order valence-corrected chi connectivity index (χ3v) is 5.55. The lowest BCUT2D eigenvalue weighted by Crippen LogP contribution is -2.15. The SMILES string of the molecule is CCn1c(SCC(=O)Nc2cc(Cl)ccc2Cl)nnc1C(C)Oc1ccccc1. The first-order chi connectivity index (χ1) is 14.0. The van der Waals surface area contributed by atoms with Crippen LogP contribution >= 0.6 is 35.0 Å². The van der Waals surface area contributed by atoms with Crippen molar-refractivity contribution in [3.8, 4) is 5.75 Å². The van der Waals surface area contributed by atoms with Gasteiger partial charge in [-0.05, 0) is 44.2 Å². The molecule has 3 aromatic rings. The molecule has 0 saturated carbocycles. The number of rotatable bonds is 8. The Balaban J connectivity index is 1.64. The number of carbonyl (C=O) groups is 1. The number of ether oxygens (including phenoxy) is 1. The van der Waals surface area contributed by atoms with Crippen LogP contribution in [-0.4, -0.2) is 26.4 Å². The van der Waals surface area contributed by atoms with Crippen LogP contribution in [0.15, 0.2) is 53.7 Å². The third-order valence-electron chi connectivity index (χ3n) is 4.02. The van der Waals surface area contributed by atoms with Gasteiger partial charge in [-0.15, -0.1) is 10.2 Å². The quantitative estimate of drug-likeness (QED) is 0.460. The van der Waals surface area contributed by atoms with Crippen molar-refractivity contribution in [1.82, 2.24) is 14.8 Å². The zero-order valence-electron chi connectivity index (χ0n) is 15.9. The Hall–Kier alpha value is -2.22. The topological polar surface area (TPSA) is 69.0 Å². The van der Waals surface area contributed by atoms with Gasteiger partial charge in [0.2, 0.25) is 5.91 Å². The van der Waals surface area contributed by atoms with Crippen LogP contribution in [0.25, 0.3) is 0 Å². The lowest BCUT2D eigenvalue weighted by Gasteiger charge is -2.15. The van der Waals surface area contributed by atoms with Crippen molar-refractivity contribution in [3.63, 3.8) is 0 Å². The van der Waals surface area contributed by atoms with E-state index < -0.39 is 0 Å². The van der Waals surface area contributed by atoms with E-state index >= 15 is 0 Å². The normalized spacial score (nSPS) is 11.9. The van der Waals surface area contributed by atoms with Crippen molar-refractivity contribution in [2.24, 2.45) is 0 Å². The second kappa shape index (κ2) is 10.0. The Labute approximate surface area is 183 Å². The fraction of sp³-hybridized carbons (Fsp3) is 0.250. The molecule has 3 rings (SSSR count). The zero-order valence-corrected chi connectivity index (χ0v) is 18.3. The largest absolute Gasteiger partial charge is 0.483 e. The number of aromatic nitrogens is 3. The Bertz CT molecular complexity index is 982. The highest BCUT2D eigenvalue weighted by Gasteiger charge is 2.19. The molecule has 152 valence electrons. The molecule has 0 aliphatic heterocycles. The van der Waals surface area contributed by atoms with Crippen LogP contribution in [0.5, 0.6) is 5.75 Å². The summed E-state index contributed by atoms with van der Waals surface area (Å²) < 4.78 is 7.89. The molecule has 0 saturated heterocycles. The number of para-hydroxylation sites is 1. The molecular formula is C20H20Cl2N4O2S. The van der Waals surface area contributed by atoms with E-state index in [1.54, 1.807) is 18.2 Å². The minimum absolute atomic E-state index is 0.162. The predicted octanol–water partition coefficient (Wildman–Crippen LogP) is 5.48. The zero-order chi connectivity index (χ0) is 20.8. The first-order valence-electron chi connectivity index (χ1n) is 9.00. The molecule has 1 aromatic heterocycles. The number of hydrogen-bond donors (Lipinski definition) is 1. The average Bonchev–Trinajstić information content (AvgIpc) is 3.13. The van der Waals surface area contributed by atoms with Crippen molar-refractivity contribution in [2.75, 3.05) is 11.1 Å². The molecule has 9 heteroatoms. The molecule has 1 amide bonds. The van der Waals surface area contributed by atoms with Gasteiger partial charge in [-0.2, -0.15) is 0 Å². The summed E-state index contributed by atoms with van der Waals surface area (Å²) in [5.41, 5.74) is 0.479. The van der Waals surface area contributed by atoms with Crippen molar-refractivity contribution < 1.29 is 9.53 Å². The number of amides is 1. The number of halogens is 2. The summed E-state index contributed by atoms with van der Waals surface area (Å²) in [6.45, 7) is 4.58. The van der Waals surface area contributed by atoms with Gasteiger partial charge in [-0.1, -0.05) is 53.2 Å². The van der Waals surface area contributed by atoms with E-state index in [2.05, 4.69) is 15.5 Å². The number of anilines is 1. The molecule has 1 heterocycles. The molecule has 2 aromatic carbocycles. The van der Waals surface area contributed by atoms with Gasteiger partial charge in [0.05, 0.1) is 16.5 Å². The summed E-state index contributed by atoms with van der Waals surface area (Å²) in [6, 6.07) is 14.5. The third kappa shape index (κ3) is 5.65. The van der Waals surface area contributed by atoms with Gasteiger partial charge >= 0.3 is 0 Å². The second-order valence-corrected chi connectivity index (χ2v) is 7.91. The Morgan fingerprint density at radius 3 is 2.69 bits per heavy atom. The molecule has 0 bridgehead atoms. The minimum Gasteiger partial charge on any atom is -0.483 e. The molecule has 6 nitrogen and oxygen atoms in total. The maximum Gasteiger partial charge on any atom is 0.234 e. The van der Waals surface area contributed by atoms with Crippen LogP contribution in [-0.2, 0) is 11.3 Å². The van der Waals surface area contributed by atoms with Gasteiger partial charge in [-0.3, -0.25) is 4.79 Å². The lowest BCUT2D eigenvalue weighted by molar-refractivity contribution is -0.113. The number of hydrogen-bond acceptors (Lipinski definition) is 5. The minimum atomic E-state index is -0.279. The highest BCUT2D eigenvalue weighted by atomic mass is 35.5. The summed E-state index contributed by atoms with van der Waals surface area (Å²) in [6.07, 6.45) is -0.279. The number of nitrogens with one attached hydrogen (secondary N) is 1. The maximum absolute atomic E-state index is 12.3. The number of nitrogens with zero attached hydrogens (tertiary/aromatic N) is 3. The fourth-order valence-electron chi connectivity index (χ4n) is 2.67. The van der Waals surface area contributed by atoms with Crippen molar-refractivity contribution >= 4 is 46.6 Å². The van der Waals surface area contributed by atoms with E-state index in [4.69, 9.17) is 27.9 Å². The van der Waals surface area contributed by atoms with Gasteiger partial charge in [-0.25, -0.2) is 0 Å². The van der Waals surface area contributed by atoms with Crippen LogP contribution in [0, 0.1) is 0 Å². The number of benzene rings is 2. The van der Waals surface area contributed by atoms with Crippen LogP contribution in [0.2, 0.25) is 10.0 Å². The van der Waals surface area contributed by atoms with E-state index in [9.17, 15) is 4.79 Å². The van der Waals surface area contributed by atoms with Gasteiger partial charge < -0.3 is 14.6 Å². The maximum atomic E-state index is 12.3. The first-order valence-corrected chi connectivity index (χ1v) is 10.7. The first kappa shape index (κ1) is 21.5. The van der Waals surface area contributed by atoms with Crippen LogP contribution < -0.4 is 10.1 Å². The van der Waals surface area contributed by atoms with E-state index in [1.807, 2.05) is 48.7 Å². The Kier molecular flexibility index (Phi) is 7.41. The van der Waals surface area contributed by atoms with Gasteiger partial charge in [0.25, 0.3) is 0 Å². The summed E-state index contributed by atoms with van der Waals surface area (Å²) in [5, 5.41) is 12.8. The molecule has 1 N–H and O–H groups in total. The molecule has 0 aliphatic carbocycles. The molecule has 0 spiro atoms. The second-order valence-electron chi connectivity index (χ2n) is 6.12. The van der Waals surface area contributed by atoms with Gasteiger partial charge in [0.1, 0.15) is 5.75 Å². The van der Waals surface area contributed by atoms with Crippen molar-refractivity contribution in [3.05, 3.63) is 64.4 Å². The monoisotopic (exact) mass is 450 g/mol. The average molecular weight is 451 g/mol. The summed E-state index contributed by atoms with van der Waals surface area (Å²) in [7, 11) is 0. The summed E-state index contributed by atoms with van der Waals surface area (Å²) in [4.78, 5) is 12.3. The molecule has 0 fully saturated rings. The lowest BCUT2D eigenvalue weighted by atomic mass is 10.3. The summed E-state index contributed by atoms with van der Waals surface area (Å²) >= 11 is 13.3. The molecule has 1 unspecified atom stereocenters. The standard InChI is InChI=1S/C20H20Cl2N4O2S/c1-3-26-19(13(2)28-15-7-5-4-6-8-15)24-25-20(26)29-12-18(27)23-17-11-14(21)9-10-16(17)22/h4-11,13H,3,12H2,1-2H3,(H,23,27). The highest BCUT2D eigenvalue weighted by molar-refractivity contribution is 7.99. The number of thioether (sulfide) groups is 1. The van der Waals surface area contributed by atoms with Gasteiger partial charge in [0.15, 0.2) is 17.1 Å². The molecule has 0 radical (unpaired) electrons. The van der Waals surface area contributed by atoms with Crippen LogP contribution in [0.4, 0.5) is 5.69 Å². The van der Waals surface area contributed by atoms with Crippen molar-refractivity contribution in [1.29, 1.82) is 0 Å². The van der Waals surface area contributed by atoms with E-state index in [0.717, 1.165) is 5.75 Å². The smallest absolute Gasteiger partial charge is 0.234 e. The number of carbonyl (C=O) groups excluding carboxylic acids is 1. The highest BCUT2D eigenvalue weighted by Crippen LogP contribution is 2.27.